The molecule has 1 saturated carbocycles. The Bertz CT molecular complexity index is 1170. The molecule has 3 rings (SSSR count). The molecular formula is C29H37FN2O7. The molecule has 1 fully saturated rings. The number of esters is 2. The van der Waals surface area contributed by atoms with Crippen LogP contribution in [0.3, 0.4) is 0 Å². The fraction of sp³-hybridized carbons (Fsp3) is 0.517. The van der Waals surface area contributed by atoms with Gasteiger partial charge in [-0.25, -0.2) is 14.2 Å². The first-order chi connectivity index (χ1) is 18.6. The molecule has 10 heteroatoms. The van der Waals surface area contributed by atoms with E-state index in [1.807, 2.05) is 13.8 Å². The van der Waals surface area contributed by atoms with Crippen molar-refractivity contribution < 1.29 is 37.7 Å². The van der Waals surface area contributed by atoms with Gasteiger partial charge in [0.05, 0.1) is 7.11 Å². The normalized spacial score (nSPS) is 15.9. The number of hydrogen-bond donors (Lipinski definition) is 1. The number of halogens is 1. The van der Waals surface area contributed by atoms with Gasteiger partial charge in [-0.15, -0.1) is 0 Å². The minimum Gasteiger partial charge on any atom is -0.493 e. The first kappa shape index (κ1) is 29.9. The molecule has 1 amide bonds. The maximum Gasteiger partial charge on any atom is 0.328 e. The lowest BCUT2D eigenvalue weighted by Gasteiger charge is -2.35. The number of aryl methyl sites for hydroxylation is 1. The molecule has 0 aliphatic heterocycles. The zero-order valence-electron chi connectivity index (χ0n) is 23.1. The standard InChI is InChI=1S/C29H37FN2O7/c1-17-15-22(30)11-12-23(17)25(21-9-7-6-8-10-21)19(3)39-29(35)18(2)32-28(34)26-27(38-16-37-20(4)33)24(36-5)13-14-31-26/h11-15,18-19,21,25H,6-10,16H2,1-5H3,(H,32,34)/t18-,19-,25+/m0/s1. The van der Waals surface area contributed by atoms with Crippen LogP contribution in [0.1, 0.15) is 80.4 Å². The minimum atomic E-state index is -1.00. The van der Waals surface area contributed by atoms with Crippen molar-refractivity contribution in [1.82, 2.24) is 10.3 Å². The Labute approximate surface area is 228 Å². The highest BCUT2D eigenvalue weighted by Gasteiger charge is 2.34. The maximum atomic E-state index is 13.8. The third-order valence-electron chi connectivity index (χ3n) is 7.03. The van der Waals surface area contributed by atoms with Gasteiger partial charge in [0.2, 0.25) is 6.79 Å². The van der Waals surface area contributed by atoms with Gasteiger partial charge in [-0.1, -0.05) is 25.3 Å². The van der Waals surface area contributed by atoms with E-state index in [4.69, 9.17) is 18.9 Å². The van der Waals surface area contributed by atoms with Gasteiger partial charge in [0, 0.05) is 25.1 Å². The van der Waals surface area contributed by atoms with Crippen molar-refractivity contribution in [3.63, 3.8) is 0 Å². The molecule has 1 aliphatic rings. The molecule has 2 aromatic rings. The second kappa shape index (κ2) is 13.9. The summed E-state index contributed by atoms with van der Waals surface area (Å²) in [6, 6.07) is 5.21. The molecule has 1 heterocycles. The van der Waals surface area contributed by atoms with E-state index in [2.05, 4.69) is 10.3 Å². The molecule has 0 unspecified atom stereocenters. The second-order valence-corrected chi connectivity index (χ2v) is 9.85. The largest absolute Gasteiger partial charge is 0.493 e. The molecule has 1 aliphatic carbocycles. The van der Waals surface area contributed by atoms with Crippen LogP contribution in [-0.2, 0) is 19.1 Å². The zero-order chi connectivity index (χ0) is 28.5. The number of benzene rings is 1. The van der Waals surface area contributed by atoms with E-state index in [9.17, 15) is 18.8 Å². The predicted octanol–water partition coefficient (Wildman–Crippen LogP) is 4.85. The number of pyridine rings is 1. The smallest absolute Gasteiger partial charge is 0.328 e. The van der Waals surface area contributed by atoms with Gasteiger partial charge in [0.25, 0.3) is 5.91 Å². The van der Waals surface area contributed by atoms with Gasteiger partial charge in [-0.2, -0.15) is 0 Å². The first-order valence-corrected chi connectivity index (χ1v) is 13.2. The van der Waals surface area contributed by atoms with E-state index < -0.39 is 36.8 Å². The van der Waals surface area contributed by atoms with E-state index >= 15 is 0 Å². The molecule has 0 spiro atoms. The van der Waals surface area contributed by atoms with E-state index in [-0.39, 0.29) is 28.9 Å². The fourth-order valence-electron chi connectivity index (χ4n) is 5.14. The highest BCUT2D eigenvalue weighted by atomic mass is 19.1. The van der Waals surface area contributed by atoms with Crippen LogP contribution in [0.15, 0.2) is 30.5 Å². The molecule has 0 radical (unpaired) electrons. The van der Waals surface area contributed by atoms with Crippen LogP contribution in [0.4, 0.5) is 4.39 Å². The quantitative estimate of drug-likeness (QED) is 0.316. The molecule has 1 aromatic heterocycles. The van der Waals surface area contributed by atoms with Crippen LogP contribution in [0.5, 0.6) is 11.5 Å². The Morgan fingerprint density at radius 2 is 1.85 bits per heavy atom. The number of rotatable bonds is 11. The van der Waals surface area contributed by atoms with E-state index in [0.717, 1.165) is 36.8 Å². The Hall–Kier alpha value is -3.69. The van der Waals surface area contributed by atoms with E-state index in [1.165, 1.54) is 51.8 Å². The zero-order valence-corrected chi connectivity index (χ0v) is 23.1. The van der Waals surface area contributed by atoms with Crippen molar-refractivity contribution in [2.75, 3.05) is 13.9 Å². The summed E-state index contributed by atoms with van der Waals surface area (Å²) in [4.78, 5) is 41.3. The van der Waals surface area contributed by atoms with Gasteiger partial charge in [-0.3, -0.25) is 9.59 Å². The van der Waals surface area contributed by atoms with Crippen molar-refractivity contribution in [3.8, 4) is 11.5 Å². The van der Waals surface area contributed by atoms with Crippen LogP contribution in [0.2, 0.25) is 0 Å². The van der Waals surface area contributed by atoms with Crippen molar-refractivity contribution in [2.45, 2.75) is 77.9 Å². The SMILES string of the molecule is COc1ccnc(C(=O)N[C@@H](C)C(=O)O[C@@H](C)[C@@H](c2ccc(F)cc2C)C2CCCCC2)c1OCOC(C)=O. The van der Waals surface area contributed by atoms with Crippen molar-refractivity contribution in [2.24, 2.45) is 5.92 Å². The molecule has 212 valence electrons. The highest BCUT2D eigenvalue weighted by molar-refractivity contribution is 5.98. The Kier molecular flexibility index (Phi) is 10.7. The van der Waals surface area contributed by atoms with Crippen LogP contribution in [0.25, 0.3) is 0 Å². The predicted molar refractivity (Wildman–Crippen MR) is 141 cm³/mol. The number of aromatic nitrogens is 1. The minimum absolute atomic E-state index is 0.0307. The summed E-state index contributed by atoms with van der Waals surface area (Å²) < 4.78 is 35.2. The van der Waals surface area contributed by atoms with Gasteiger partial charge in [0.1, 0.15) is 18.0 Å². The number of carbonyl (C=O) groups excluding carboxylic acids is 3. The molecule has 9 nitrogen and oxygen atoms in total. The number of hydrogen-bond acceptors (Lipinski definition) is 8. The monoisotopic (exact) mass is 544 g/mol. The molecule has 0 saturated heterocycles. The molecule has 39 heavy (non-hydrogen) atoms. The average molecular weight is 545 g/mol. The Balaban J connectivity index is 1.73. The summed E-state index contributed by atoms with van der Waals surface area (Å²) in [6.45, 7) is 6.01. The summed E-state index contributed by atoms with van der Waals surface area (Å²) >= 11 is 0. The summed E-state index contributed by atoms with van der Waals surface area (Å²) in [5.74, 6) is -1.79. The Morgan fingerprint density at radius 1 is 1.13 bits per heavy atom. The Morgan fingerprint density at radius 3 is 2.49 bits per heavy atom. The summed E-state index contributed by atoms with van der Waals surface area (Å²) in [5, 5.41) is 2.60. The molecular weight excluding hydrogens is 507 g/mol. The third-order valence-corrected chi connectivity index (χ3v) is 7.03. The second-order valence-electron chi connectivity index (χ2n) is 9.85. The first-order valence-electron chi connectivity index (χ1n) is 13.2. The number of methoxy groups -OCH3 is 1. The lowest BCUT2D eigenvalue weighted by atomic mass is 9.73. The van der Waals surface area contributed by atoms with Crippen LogP contribution in [0, 0.1) is 18.7 Å². The van der Waals surface area contributed by atoms with Crippen molar-refractivity contribution in [1.29, 1.82) is 0 Å². The summed E-state index contributed by atoms with van der Waals surface area (Å²) in [6.07, 6.45) is 6.25. The van der Waals surface area contributed by atoms with Crippen molar-refractivity contribution in [3.05, 3.63) is 53.1 Å². The lowest BCUT2D eigenvalue weighted by molar-refractivity contribution is -0.152. The number of carbonyl (C=O) groups is 3. The number of amides is 1. The highest BCUT2D eigenvalue weighted by Crippen LogP contribution is 2.40. The van der Waals surface area contributed by atoms with E-state index in [0.29, 0.717) is 5.92 Å². The van der Waals surface area contributed by atoms with Gasteiger partial charge in [0.15, 0.2) is 17.2 Å². The van der Waals surface area contributed by atoms with Crippen molar-refractivity contribution >= 4 is 17.8 Å². The van der Waals surface area contributed by atoms with Crippen LogP contribution >= 0.6 is 0 Å². The summed E-state index contributed by atoms with van der Waals surface area (Å²) in [7, 11) is 1.39. The average Bonchev–Trinajstić information content (AvgIpc) is 2.90. The third kappa shape index (κ3) is 7.91. The molecule has 0 bridgehead atoms. The number of ether oxygens (including phenoxy) is 4. The molecule has 1 N–H and O–H groups in total. The topological polar surface area (TPSA) is 113 Å². The molecule has 1 aromatic carbocycles. The van der Waals surface area contributed by atoms with E-state index in [1.54, 1.807) is 6.07 Å². The maximum absolute atomic E-state index is 13.8. The number of nitrogens with one attached hydrogen (secondary N) is 1. The van der Waals surface area contributed by atoms with Gasteiger partial charge >= 0.3 is 11.9 Å². The number of nitrogens with zero attached hydrogens (tertiary/aromatic N) is 1. The van der Waals surface area contributed by atoms with Gasteiger partial charge in [-0.05, 0) is 62.8 Å². The van der Waals surface area contributed by atoms with Gasteiger partial charge < -0.3 is 24.3 Å². The summed E-state index contributed by atoms with van der Waals surface area (Å²) in [5.41, 5.74) is 1.65. The fourth-order valence-corrected chi connectivity index (χ4v) is 5.14. The van der Waals surface area contributed by atoms with Crippen LogP contribution < -0.4 is 14.8 Å². The lowest BCUT2D eigenvalue weighted by Crippen LogP contribution is -2.42. The van der Waals surface area contributed by atoms with Crippen LogP contribution in [-0.4, -0.2) is 48.9 Å². The molecule has 3 atom stereocenters.